The van der Waals surface area contributed by atoms with Gasteiger partial charge in [0.25, 0.3) is 5.91 Å². The van der Waals surface area contributed by atoms with E-state index in [1.807, 2.05) is 30.1 Å². The lowest BCUT2D eigenvalue weighted by molar-refractivity contribution is 0.0745. The van der Waals surface area contributed by atoms with Crippen molar-refractivity contribution in [2.45, 2.75) is 19.3 Å². The second-order valence-corrected chi connectivity index (χ2v) is 6.28. The zero-order chi connectivity index (χ0) is 13.4. The van der Waals surface area contributed by atoms with Crippen LogP contribution in [0.4, 0.5) is 5.13 Å². The smallest absolute Gasteiger partial charge is 0.253 e. The van der Waals surface area contributed by atoms with Gasteiger partial charge in [-0.25, -0.2) is 4.98 Å². The number of benzene rings is 1. The van der Waals surface area contributed by atoms with Crippen molar-refractivity contribution in [3.8, 4) is 0 Å². The van der Waals surface area contributed by atoms with Crippen LogP contribution in [0, 0.1) is 5.92 Å². The minimum atomic E-state index is 0.0840. The number of fused-ring (bicyclic) bond motifs is 1. The zero-order valence-corrected chi connectivity index (χ0v) is 11.7. The van der Waals surface area contributed by atoms with Gasteiger partial charge in [-0.3, -0.25) is 4.79 Å². The Labute approximate surface area is 116 Å². The summed E-state index contributed by atoms with van der Waals surface area (Å²) in [5.41, 5.74) is 7.26. The summed E-state index contributed by atoms with van der Waals surface area (Å²) in [6.07, 6.45) is 3.81. The van der Waals surface area contributed by atoms with Crippen LogP contribution in [0.2, 0.25) is 0 Å². The molecule has 2 aromatic rings. The monoisotopic (exact) mass is 275 g/mol. The molecule has 0 spiro atoms. The molecule has 19 heavy (non-hydrogen) atoms. The van der Waals surface area contributed by atoms with Crippen LogP contribution in [0.25, 0.3) is 10.2 Å². The Morgan fingerprint density at radius 3 is 3.00 bits per heavy atom. The molecular weight excluding hydrogens is 258 g/mol. The highest BCUT2D eigenvalue weighted by molar-refractivity contribution is 7.22. The summed E-state index contributed by atoms with van der Waals surface area (Å²) >= 11 is 1.42. The van der Waals surface area contributed by atoms with Gasteiger partial charge in [-0.1, -0.05) is 17.8 Å². The SMILES string of the molecule is CN(CC1CCC1)C(=O)c1ccc2nc(N)sc2c1. The van der Waals surface area contributed by atoms with Gasteiger partial charge in [-0.15, -0.1) is 0 Å². The number of thiazole rings is 1. The van der Waals surface area contributed by atoms with Crippen LogP contribution >= 0.6 is 11.3 Å². The van der Waals surface area contributed by atoms with Crippen molar-refractivity contribution < 1.29 is 4.79 Å². The number of nitrogens with zero attached hydrogens (tertiary/aromatic N) is 2. The average Bonchev–Trinajstić information content (AvgIpc) is 2.71. The Morgan fingerprint density at radius 2 is 2.32 bits per heavy atom. The second-order valence-electron chi connectivity index (χ2n) is 5.22. The Kier molecular flexibility index (Phi) is 3.14. The van der Waals surface area contributed by atoms with Crippen molar-refractivity contribution in [3.63, 3.8) is 0 Å². The summed E-state index contributed by atoms with van der Waals surface area (Å²) in [5.74, 6) is 0.775. The number of nitrogen functional groups attached to an aromatic ring is 1. The van der Waals surface area contributed by atoms with Crippen LogP contribution in [0.15, 0.2) is 18.2 Å². The van der Waals surface area contributed by atoms with E-state index in [0.717, 1.165) is 22.3 Å². The molecule has 1 saturated carbocycles. The molecule has 0 bridgehead atoms. The van der Waals surface area contributed by atoms with Gasteiger partial charge in [0.2, 0.25) is 0 Å². The van der Waals surface area contributed by atoms with Crippen LogP contribution < -0.4 is 5.73 Å². The van der Waals surface area contributed by atoms with E-state index in [2.05, 4.69) is 4.98 Å². The predicted molar refractivity (Wildman–Crippen MR) is 78.3 cm³/mol. The first-order valence-corrected chi connectivity index (χ1v) is 7.36. The third-order valence-electron chi connectivity index (χ3n) is 3.76. The summed E-state index contributed by atoms with van der Waals surface area (Å²) in [4.78, 5) is 18.4. The molecule has 5 heteroatoms. The van der Waals surface area contributed by atoms with Crippen LogP contribution in [0.3, 0.4) is 0 Å². The van der Waals surface area contributed by atoms with E-state index in [4.69, 9.17) is 5.73 Å². The zero-order valence-electron chi connectivity index (χ0n) is 10.9. The molecule has 0 radical (unpaired) electrons. The Balaban J connectivity index is 1.79. The van der Waals surface area contributed by atoms with Gasteiger partial charge in [0, 0.05) is 19.2 Å². The van der Waals surface area contributed by atoms with E-state index in [1.54, 1.807) is 0 Å². The third kappa shape index (κ3) is 2.42. The van der Waals surface area contributed by atoms with E-state index >= 15 is 0 Å². The number of nitrogens with two attached hydrogens (primary N) is 1. The number of aromatic nitrogens is 1. The third-order valence-corrected chi connectivity index (χ3v) is 4.60. The topological polar surface area (TPSA) is 59.2 Å². The summed E-state index contributed by atoms with van der Waals surface area (Å²) in [7, 11) is 1.88. The molecule has 2 N–H and O–H groups in total. The highest BCUT2D eigenvalue weighted by Gasteiger charge is 2.22. The van der Waals surface area contributed by atoms with Crippen molar-refractivity contribution in [2.24, 2.45) is 5.92 Å². The molecule has 1 aromatic heterocycles. The standard InChI is InChI=1S/C14H17N3OS/c1-17(8-9-3-2-4-9)13(18)10-5-6-11-12(7-10)19-14(15)16-11/h5-7,9H,2-4,8H2,1H3,(H2,15,16). The van der Waals surface area contributed by atoms with E-state index in [1.165, 1.54) is 30.6 Å². The quantitative estimate of drug-likeness (QED) is 0.937. The number of rotatable bonds is 3. The highest BCUT2D eigenvalue weighted by Crippen LogP contribution is 2.28. The first kappa shape index (κ1) is 12.4. The van der Waals surface area contributed by atoms with E-state index in [-0.39, 0.29) is 5.91 Å². The molecule has 0 aliphatic heterocycles. The molecule has 0 unspecified atom stereocenters. The molecule has 1 fully saturated rings. The largest absolute Gasteiger partial charge is 0.375 e. The van der Waals surface area contributed by atoms with Gasteiger partial charge >= 0.3 is 0 Å². The van der Waals surface area contributed by atoms with Crippen LogP contribution in [-0.2, 0) is 0 Å². The minimum absolute atomic E-state index is 0.0840. The molecule has 1 aromatic carbocycles. The number of amides is 1. The van der Waals surface area contributed by atoms with Crippen LogP contribution in [0.1, 0.15) is 29.6 Å². The van der Waals surface area contributed by atoms with Crippen molar-refractivity contribution in [3.05, 3.63) is 23.8 Å². The molecule has 1 amide bonds. The lowest BCUT2D eigenvalue weighted by Gasteiger charge is -2.30. The molecular formula is C14H17N3OS. The molecule has 3 rings (SSSR count). The van der Waals surface area contributed by atoms with E-state index < -0.39 is 0 Å². The molecule has 4 nitrogen and oxygen atoms in total. The van der Waals surface area contributed by atoms with Gasteiger partial charge in [0.15, 0.2) is 5.13 Å². The van der Waals surface area contributed by atoms with Crippen molar-refractivity contribution in [1.29, 1.82) is 0 Å². The first-order valence-electron chi connectivity index (χ1n) is 6.55. The number of carbonyl (C=O) groups is 1. The Bertz CT molecular complexity index is 618. The fraction of sp³-hybridized carbons (Fsp3) is 0.429. The maximum atomic E-state index is 12.3. The van der Waals surface area contributed by atoms with E-state index in [0.29, 0.717) is 11.0 Å². The second kappa shape index (κ2) is 4.81. The summed E-state index contributed by atoms with van der Waals surface area (Å²) < 4.78 is 0.973. The van der Waals surface area contributed by atoms with E-state index in [9.17, 15) is 4.79 Å². The Morgan fingerprint density at radius 1 is 1.53 bits per heavy atom. The molecule has 0 atom stereocenters. The number of anilines is 1. The summed E-state index contributed by atoms with van der Waals surface area (Å²) in [5, 5.41) is 0.544. The van der Waals surface area contributed by atoms with Crippen LogP contribution in [0.5, 0.6) is 0 Å². The summed E-state index contributed by atoms with van der Waals surface area (Å²) in [6, 6.07) is 5.59. The number of hydrogen-bond acceptors (Lipinski definition) is 4. The fourth-order valence-corrected chi connectivity index (χ4v) is 3.21. The minimum Gasteiger partial charge on any atom is -0.375 e. The number of hydrogen-bond donors (Lipinski definition) is 1. The summed E-state index contributed by atoms with van der Waals surface area (Å²) in [6.45, 7) is 0.863. The molecule has 1 aliphatic carbocycles. The van der Waals surface area contributed by atoms with Crippen molar-refractivity contribution >= 4 is 32.6 Å². The number of carbonyl (C=O) groups excluding carboxylic acids is 1. The molecule has 1 aliphatic rings. The molecule has 0 saturated heterocycles. The highest BCUT2D eigenvalue weighted by atomic mass is 32.1. The molecule has 100 valence electrons. The lowest BCUT2D eigenvalue weighted by atomic mass is 9.85. The molecule has 1 heterocycles. The predicted octanol–water partition coefficient (Wildman–Crippen LogP) is 2.75. The van der Waals surface area contributed by atoms with Crippen molar-refractivity contribution in [2.75, 3.05) is 19.3 Å². The maximum absolute atomic E-state index is 12.3. The first-order chi connectivity index (χ1) is 9.13. The van der Waals surface area contributed by atoms with Gasteiger partial charge < -0.3 is 10.6 Å². The fourth-order valence-electron chi connectivity index (χ4n) is 2.44. The van der Waals surface area contributed by atoms with Gasteiger partial charge in [0.1, 0.15) is 0 Å². The lowest BCUT2D eigenvalue weighted by Crippen LogP contribution is -2.34. The Hall–Kier alpha value is -1.62. The average molecular weight is 275 g/mol. The normalized spacial score (nSPS) is 15.4. The van der Waals surface area contributed by atoms with Crippen LogP contribution in [-0.4, -0.2) is 29.4 Å². The van der Waals surface area contributed by atoms with Crippen molar-refractivity contribution in [1.82, 2.24) is 9.88 Å². The maximum Gasteiger partial charge on any atom is 0.253 e. The van der Waals surface area contributed by atoms with Gasteiger partial charge in [-0.2, -0.15) is 0 Å². The van der Waals surface area contributed by atoms with Gasteiger partial charge in [-0.05, 0) is 37.0 Å². The van der Waals surface area contributed by atoms with Gasteiger partial charge in [0.05, 0.1) is 10.2 Å².